The monoisotopic (exact) mass is 654 g/mol. The third kappa shape index (κ3) is 4.20. The fourth-order valence-corrected chi connectivity index (χ4v) is 7.56. The van der Waals surface area contributed by atoms with Gasteiger partial charge in [-0.2, -0.15) is 0 Å². The molecule has 0 saturated carbocycles. The van der Waals surface area contributed by atoms with Gasteiger partial charge in [-0.05, 0) is 48.5 Å². The molecule has 6 heteroatoms. The Morgan fingerprint density at radius 2 is 0.961 bits per heavy atom. The van der Waals surface area contributed by atoms with Crippen molar-refractivity contribution in [3.8, 4) is 39.9 Å². The molecule has 7 aromatic carbocycles. The topological polar surface area (TPSA) is 69.9 Å². The van der Waals surface area contributed by atoms with Gasteiger partial charge in [-0.25, -0.2) is 15.0 Å². The maximum atomic E-state index is 6.63. The zero-order valence-electron chi connectivity index (χ0n) is 27.1. The van der Waals surface area contributed by atoms with Gasteiger partial charge < -0.3 is 13.4 Å². The number of aromatic nitrogens is 4. The van der Waals surface area contributed by atoms with Crippen molar-refractivity contribution >= 4 is 65.7 Å². The molecular formula is C45H26N4O2. The minimum absolute atomic E-state index is 0.580. The normalized spacial score (nSPS) is 11.9. The van der Waals surface area contributed by atoms with E-state index in [-0.39, 0.29) is 0 Å². The Morgan fingerprint density at radius 1 is 0.392 bits per heavy atom. The molecule has 11 aromatic rings. The summed E-state index contributed by atoms with van der Waals surface area (Å²) < 4.78 is 15.6. The van der Waals surface area contributed by atoms with Crippen molar-refractivity contribution in [2.24, 2.45) is 0 Å². The molecule has 4 heterocycles. The fourth-order valence-electron chi connectivity index (χ4n) is 7.56. The van der Waals surface area contributed by atoms with Gasteiger partial charge >= 0.3 is 0 Å². The second-order valence-electron chi connectivity index (χ2n) is 12.8. The lowest BCUT2D eigenvalue weighted by atomic mass is 10.0. The van der Waals surface area contributed by atoms with Crippen LogP contribution in [0.3, 0.4) is 0 Å². The molecule has 238 valence electrons. The van der Waals surface area contributed by atoms with Crippen molar-refractivity contribution in [1.82, 2.24) is 19.5 Å². The summed E-state index contributed by atoms with van der Waals surface area (Å²) in [5, 5.41) is 6.37. The number of rotatable bonds is 4. The molecule has 0 saturated heterocycles. The van der Waals surface area contributed by atoms with E-state index in [2.05, 4.69) is 89.5 Å². The van der Waals surface area contributed by atoms with E-state index >= 15 is 0 Å². The number of fused-ring (bicyclic) bond motifs is 10. The first-order valence-electron chi connectivity index (χ1n) is 16.9. The number of nitrogens with zero attached hydrogens (tertiary/aromatic N) is 4. The predicted molar refractivity (Wildman–Crippen MR) is 205 cm³/mol. The molecule has 0 fully saturated rings. The van der Waals surface area contributed by atoms with Crippen LogP contribution in [0.15, 0.2) is 167 Å². The van der Waals surface area contributed by atoms with Gasteiger partial charge in [-0.3, -0.25) is 0 Å². The SMILES string of the molecule is c1ccc(-c2nc(-c3ccccc3)nc(-c3cccc4oc5c(ccc6c7cc(-n8c9ccccc9c9ccccc98)ccc7oc65)c34)n2)cc1. The minimum atomic E-state index is 0.580. The summed E-state index contributed by atoms with van der Waals surface area (Å²) in [5.74, 6) is 1.81. The highest BCUT2D eigenvalue weighted by molar-refractivity contribution is 6.21. The summed E-state index contributed by atoms with van der Waals surface area (Å²) >= 11 is 0. The Hall–Kier alpha value is -7.05. The Balaban J connectivity index is 1.12. The Labute approximate surface area is 290 Å². The largest absolute Gasteiger partial charge is 0.452 e. The van der Waals surface area contributed by atoms with E-state index < -0.39 is 0 Å². The average Bonchev–Trinajstić information content (AvgIpc) is 3.88. The van der Waals surface area contributed by atoms with Crippen molar-refractivity contribution in [1.29, 1.82) is 0 Å². The highest BCUT2D eigenvalue weighted by Gasteiger charge is 2.21. The van der Waals surface area contributed by atoms with Crippen LogP contribution in [-0.4, -0.2) is 19.5 Å². The zero-order valence-corrected chi connectivity index (χ0v) is 27.1. The summed E-state index contributed by atoms with van der Waals surface area (Å²) in [6, 6.07) is 53.9. The van der Waals surface area contributed by atoms with E-state index in [0.717, 1.165) is 60.7 Å². The molecule has 0 spiro atoms. The maximum absolute atomic E-state index is 6.63. The molecule has 0 radical (unpaired) electrons. The fraction of sp³-hybridized carbons (Fsp3) is 0. The summed E-state index contributed by atoms with van der Waals surface area (Å²) in [5.41, 5.74) is 9.09. The molecule has 51 heavy (non-hydrogen) atoms. The first-order chi connectivity index (χ1) is 25.3. The lowest BCUT2D eigenvalue weighted by Gasteiger charge is -2.09. The van der Waals surface area contributed by atoms with Gasteiger partial charge in [0.05, 0.1) is 11.0 Å². The van der Waals surface area contributed by atoms with Gasteiger partial charge in [-0.15, -0.1) is 0 Å². The molecule has 0 N–H and O–H groups in total. The summed E-state index contributed by atoms with van der Waals surface area (Å²) in [6.45, 7) is 0. The lowest BCUT2D eigenvalue weighted by Crippen LogP contribution is -2.00. The van der Waals surface area contributed by atoms with Gasteiger partial charge in [-0.1, -0.05) is 109 Å². The van der Waals surface area contributed by atoms with Crippen molar-refractivity contribution in [2.45, 2.75) is 0 Å². The third-order valence-electron chi connectivity index (χ3n) is 9.86. The summed E-state index contributed by atoms with van der Waals surface area (Å²) in [4.78, 5) is 14.9. The minimum Gasteiger partial charge on any atom is -0.452 e. The second-order valence-corrected chi connectivity index (χ2v) is 12.8. The molecule has 11 rings (SSSR count). The van der Waals surface area contributed by atoms with Crippen LogP contribution in [0.25, 0.3) is 106 Å². The molecule has 0 atom stereocenters. The van der Waals surface area contributed by atoms with Crippen LogP contribution in [0.5, 0.6) is 0 Å². The van der Waals surface area contributed by atoms with Gasteiger partial charge in [0.2, 0.25) is 0 Å². The number of hydrogen-bond acceptors (Lipinski definition) is 5. The number of para-hydroxylation sites is 2. The van der Waals surface area contributed by atoms with Crippen molar-refractivity contribution < 1.29 is 8.83 Å². The van der Waals surface area contributed by atoms with Gasteiger partial charge in [0, 0.05) is 54.7 Å². The highest BCUT2D eigenvalue weighted by atomic mass is 16.4. The second kappa shape index (κ2) is 10.7. The van der Waals surface area contributed by atoms with Crippen molar-refractivity contribution in [3.05, 3.63) is 158 Å². The number of benzene rings is 7. The first-order valence-corrected chi connectivity index (χ1v) is 16.9. The van der Waals surface area contributed by atoms with E-state index in [9.17, 15) is 0 Å². The first kappa shape index (κ1) is 27.9. The predicted octanol–water partition coefficient (Wildman–Crippen LogP) is 11.8. The Morgan fingerprint density at radius 3 is 1.65 bits per heavy atom. The summed E-state index contributed by atoms with van der Waals surface area (Å²) in [7, 11) is 0. The van der Waals surface area contributed by atoms with Crippen LogP contribution in [0.4, 0.5) is 0 Å². The number of hydrogen-bond donors (Lipinski definition) is 0. The maximum Gasteiger partial charge on any atom is 0.178 e. The molecule has 0 aliphatic carbocycles. The van der Waals surface area contributed by atoms with Crippen molar-refractivity contribution in [2.75, 3.05) is 0 Å². The molecular weight excluding hydrogens is 629 g/mol. The molecule has 0 aliphatic rings. The Kier molecular flexibility index (Phi) is 5.86. The van der Waals surface area contributed by atoms with E-state index in [4.69, 9.17) is 23.8 Å². The van der Waals surface area contributed by atoms with Crippen LogP contribution in [0.2, 0.25) is 0 Å². The zero-order chi connectivity index (χ0) is 33.5. The third-order valence-corrected chi connectivity index (χ3v) is 9.86. The molecule has 0 bridgehead atoms. The van der Waals surface area contributed by atoms with Gasteiger partial charge in [0.25, 0.3) is 0 Å². The van der Waals surface area contributed by atoms with Crippen molar-refractivity contribution in [3.63, 3.8) is 0 Å². The average molecular weight is 655 g/mol. The molecule has 4 aromatic heterocycles. The highest BCUT2D eigenvalue weighted by Crippen LogP contribution is 2.43. The summed E-state index contributed by atoms with van der Waals surface area (Å²) in [6.07, 6.45) is 0. The standard InChI is InChI=1S/C45H26N4O2/c1-3-12-27(13-4-1)43-46-44(28-14-5-2-6-15-28)48-45(47-43)34-18-11-21-39-40(34)33-24-23-32-35-26-29(22-25-38(35)50-41(32)42(33)51-39)49-36-19-9-7-16-30(36)31-17-8-10-20-37(31)49/h1-26H. The molecule has 0 unspecified atom stereocenters. The number of furan rings is 2. The van der Waals surface area contributed by atoms with Crippen LogP contribution in [0, 0.1) is 0 Å². The van der Waals surface area contributed by atoms with E-state index in [1.54, 1.807) is 0 Å². The van der Waals surface area contributed by atoms with Gasteiger partial charge in [0.15, 0.2) is 28.6 Å². The quantitative estimate of drug-likeness (QED) is 0.189. The molecule has 0 amide bonds. The van der Waals surface area contributed by atoms with E-state index in [1.165, 1.54) is 21.8 Å². The molecule has 6 nitrogen and oxygen atoms in total. The van der Waals surface area contributed by atoms with Crippen LogP contribution < -0.4 is 0 Å². The van der Waals surface area contributed by atoms with Crippen LogP contribution in [0.1, 0.15) is 0 Å². The van der Waals surface area contributed by atoms with Gasteiger partial charge in [0.1, 0.15) is 11.2 Å². The van der Waals surface area contributed by atoms with E-state index in [1.807, 2.05) is 72.8 Å². The lowest BCUT2D eigenvalue weighted by molar-refractivity contribution is 0.633. The van der Waals surface area contributed by atoms with Crippen LogP contribution in [-0.2, 0) is 0 Å². The Bertz CT molecular complexity index is 3030. The smallest absolute Gasteiger partial charge is 0.178 e. The van der Waals surface area contributed by atoms with E-state index in [0.29, 0.717) is 23.1 Å². The molecule has 0 aliphatic heterocycles. The van der Waals surface area contributed by atoms with Crippen LogP contribution >= 0.6 is 0 Å².